The van der Waals surface area contributed by atoms with Gasteiger partial charge in [0.05, 0.1) is 44.1 Å². The molecule has 4 heterocycles. The molecule has 2 aliphatic heterocycles. The topological polar surface area (TPSA) is 238 Å². The Bertz CT molecular complexity index is 3400. The second-order valence-electron chi connectivity index (χ2n) is 23.8. The van der Waals surface area contributed by atoms with Crippen LogP contribution in [0.25, 0.3) is 16.5 Å². The van der Waals surface area contributed by atoms with E-state index in [-0.39, 0.29) is 116 Å². The number of likely N-dealkylation sites (tertiary alicyclic amines) is 1. The molecular weight excluding hydrogens is 1200 g/mol. The van der Waals surface area contributed by atoms with Gasteiger partial charge in [-0.3, -0.25) is 28.9 Å². The van der Waals surface area contributed by atoms with E-state index in [0.717, 1.165) is 44.1 Å². The van der Waals surface area contributed by atoms with Crippen molar-refractivity contribution >= 4 is 86.7 Å². The van der Waals surface area contributed by atoms with E-state index >= 15 is 4.39 Å². The smallest absolute Gasteiger partial charge is 0.410 e. The minimum Gasteiger partial charge on any atom is -0.491 e. The van der Waals surface area contributed by atoms with Crippen LogP contribution in [-0.2, 0) is 33.4 Å². The number of piperazine rings is 1. The van der Waals surface area contributed by atoms with Crippen molar-refractivity contribution in [2.24, 2.45) is 5.92 Å². The van der Waals surface area contributed by atoms with Crippen LogP contribution in [0.5, 0.6) is 5.75 Å². The van der Waals surface area contributed by atoms with E-state index in [9.17, 15) is 33.9 Å². The first-order chi connectivity index (χ1) is 43.2. The van der Waals surface area contributed by atoms with Crippen molar-refractivity contribution in [3.05, 3.63) is 123 Å². The number of anilines is 2. The van der Waals surface area contributed by atoms with E-state index in [0.29, 0.717) is 84.4 Å². The Morgan fingerprint density at radius 3 is 2.33 bits per heavy atom. The van der Waals surface area contributed by atoms with Crippen LogP contribution < -0.4 is 20.3 Å². The second-order valence-corrected chi connectivity index (χ2v) is 25.1. The summed E-state index contributed by atoms with van der Waals surface area (Å²) in [4.78, 5) is 103. The van der Waals surface area contributed by atoms with E-state index in [1.807, 2.05) is 36.1 Å². The lowest BCUT2D eigenvalue weighted by molar-refractivity contribution is -0.140. The van der Waals surface area contributed by atoms with Gasteiger partial charge in [0.15, 0.2) is 5.82 Å². The number of aromatic nitrogens is 3. The van der Waals surface area contributed by atoms with Crippen molar-refractivity contribution in [2.75, 3.05) is 110 Å². The predicted molar refractivity (Wildman–Crippen MR) is 344 cm³/mol. The summed E-state index contributed by atoms with van der Waals surface area (Å²) >= 11 is 8.23. The summed E-state index contributed by atoms with van der Waals surface area (Å²) in [7, 11) is 3.19. The summed E-state index contributed by atoms with van der Waals surface area (Å²) in [5, 5.41) is 19.1. The molecule has 3 aliphatic rings. The molecule has 1 saturated carbocycles. The lowest BCUT2D eigenvalue weighted by Crippen LogP contribution is -2.56. The lowest BCUT2D eigenvalue weighted by Gasteiger charge is -2.36. The molecule has 2 aromatic heterocycles. The Morgan fingerprint density at radius 2 is 1.62 bits per heavy atom. The Hall–Kier alpha value is -7.57. The van der Waals surface area contributed by atoms with Crippen LogP contribution in [0, 0.1) is 18.7 Å². The number of halogens is 2. The van der Waals surface area contributed by atoms with Crippen LogP contribution in [0.15, 0.2) is 78.7 Å². The van der Waals surface area contributed by atoms with Crippen molar-refractivity contribution in [2.45, 2.75) is 110 Å². The summed E-state index contributed by atoms with van der Waals surface area (Å²) in [5.74, 6) is -1.03. The molecule has 5 aromatic rings. The van der Waals surface area contributed by atoms with Crippen LogP contribution in [0.3, 0.4) is 0 Å². The number of aliphatic hydroxyl groups is 1. The van der Waals surface area contributed by atoms with E-state index in [2.05, 4.69) is 22.2 Å². The molecule has 3 fully saturated rings. The van der Waals surface area contributed by atoms with Crippen LogP contribution in [-0.4, -0.2) is 192 Å². The zero-order valence-corrected chi connectivity index (χ0v) is 54.1. The predicted octanol–water partition coefficient (Wildman–Crippen LogP) is 9.03. The molecule has 1 aliphatic carbocycles. The first-order valence-electron chi connectivity index (χ1n) is 30.8. The molecule has 0 unspecified atom stereocenters. The molecule has 0 bridgehead atoms. The Morgan fingerprint density at radius 1 is 0.900 bits per heavy atom. The number of carbonyl (C=O) groups is 6. The van der Waals surface area contributed by atoms with Gasteiger partial charge in [0.1, 0.15) is 52.1 Å². The number of likely N-dealkylation sites (N-methyl/N-ethyl adjacent to an activating group) is 2. The van der Waals surface area contributed by atoms with Crippen molar-refractivity contribution in [3.63, 3.8) is 0 Å². The highest BCUT2D eigenvalue weighted by molar-refractivity contribution is 7.10. The maximum atomic E-state index is 17.1. The van der Waals surface area contributed by atoms with E-state index in [1.165, 1.54) is 35.4 Å². The van der Waals surface area contributed by atoms with Gasteiger partial charge in [-0.15, -0.1) is 11.3 Å². The monoisotopic (exact) mass is 1280 g/mol. The highest BCUT2D eigenvalue weighted by Crippen LogP contribution is 2.41. The Balaban J connectivity index is 0.777. The quantitative estimate of drug-likeness (QED) is 0.0252. The van der Waals surface area contributed by atoms with Gasteiger partial charge in [-0.05, 0) is 107 Å². The Labute approximate surface area is 534 Å². The number of amides is 5. The SMILES string of the molecule is C=CC(=O)N1CCN(c2nc(NCCC(=O)N(C)CCOCCOCCOc3cccc(C(=O)c4csc([C@@H]5CCCN5C(=O)[C@@H](NC(=O)[C@H](C)N(C)C(=O)OC(C)(C)C)C5CCCCC5)n4)c3)nc3c(F)c(/C(=C/CO)c4ccccc4C)c(Cl)cc23)CC1. The molecule has 0 spiro atoms. The fourth-order valence-corrected chi connectivity index (χ4v) is 12.6. The number of aliphatic hydroxyl groups excluding tert-OH is 1. The van der Waals surface area contributed by atoms with Gasteiger partial charge in [-0.2, -0.15) is 4.98 Å². The molecular formula is C66H84ClFN10O11S. The molecule has 8 rings (SSSR count). The maximum Gasteiger partial charge on any atom is 0.410 e. The minimum absolute atomic E-state index is 0.00194. The van der Waals surface area contributed by atoms with Crippen LogP contribution in [0.1, 0.15) is 123 Å². The van der Waals surface area contributed by atoms with Crippen molar-refractivity contribution in [1.29, 1.82) is 0 Å². The number of aryl methyl sites for hydroxylation is 1. The number of hydrogen-bond donors (Lipinski definition) is 3. The molecule has 3 atom stereocenters. The largest absolute Gasteiger partial charge is 0.491 e. The number of rotatable bonds is 27. The molecule has 21 nitrogen and oxygen atoms in total. The first-order valence-corrected chi connectivity index (χ1v) is 32.1. The number of thiazole rings is 1. The standard InChI is InChI=1S/C66H84ClFN10O11S/c1-9-53(80)76-28-30-77(31-29-76)60-49-40-50(67)55(48(25-33-79)47-22-14-13-17-42(47)2)56(68)58(49)72-64(73-60)69-26-24-54(81)74(7)32-34-86-35-36-87-37-38-88-46-21-15-20-45(39-46)59(82)51-41-90-62(70-51)52-23-16-27-78(52)63(84)57(44-18-11-10-12-19-44)71-61(83)43(3)75(8)65(85)89-66(4,5)6/h9,13-15,17,20-22,25,39-41,43-44,52,57,79H,1,10-12,16,18-19,23-24,26-38H2,2-8H3,(H,71,83)(H,69,72,73)/b48-25+/t43-,52-,57-/m0/s1. The van der Waals surface area contributed by atoms with Gasteiger partial charge in [0, 0.05) is 88.2 Å². The third kappa shape index (κ3) is 17.5. The Kier molecular flexibility index (Phi) is 24.3. The second kappa shape index (κ2) is 31.9. The number of hydrogen-bond acceptors (Lipinski definition) is 17. The van der Waals surface area contributed by atoms with E-state index in [1.54, 1.807) is 85.2 Å². The van der Waals surface area contributed by atoms with Gasteiger partial charge in [0.2, 0.25) is 35.4 Å². The van der Waals surface area contributed by atoms with Crippen molar-refractivity contribution in [1.82, 2.24) is 39.9 Å². The highest BCUT2D eigenvalue weighted by atomic mass is 35.5. The van der Waals surface area contributed by atoms with E-state index < -0.39 is 35.5 Å². The molecule has 484 valence electrons. The molecule has 24 heteroatoms. The van der Waals surface area contributed by atoms with Crippen LogP contribution >= 0.6 is 22.9 Å². The summed E-state index contributed by atoms with van der Waals surface area (Å²) in [6.45, 7) is 15.8. The maximum absolute atomic E-state index is 17.1. The summed E-state index contributed by atoms with van der Waals surface area (Å²) in [6.07, 6.45) is 8.22. The third-order valence-electron chi connectivity index (χ3n) is 16.4. The molecule has 5 amide bonds. The average Bonchev–Trinajstić information content (AvgIpc) is 0.880. The zero-order valence-electron chi connectivity index (χ0n) is 52.6. The number of ketones is 1. The number of fused-ring (bicyclic) bond motifs is 1. The lowest BCUT2D eigenvalue weighted by atomic mass is 9.83. The third-order valence-corrected chi connectivity index (χ3v) is 17.7. The van der Waals surface area contributed by atoms with Gasteiger partial charge in [0.25, 0.3) is 0 Å². The average molecular weight is 1280 g/mol. The van der Waals surface area contributed by atoms with Gasteiger partial charge >= 0.3 is 6.09 Å². The van der Waals surface area contributed by atoms with Gasteiger partial charge in [-0.1, -0.05) is 79.9 Å². The fraction of sp³-hybridized carbons (Fsp3) is 0.500. The summed E-state index contributed by atoms with van der Waals surface area (Å²) < 4.78 is 40.0. The number of benzene rings is 3. The van der Waals surface area contributed by atoms with Crippen LogP contribution in [0.4, 0.5) is 21.0 Å². The van der Waals surface area contributed by atoms with Crippen molar-refractivity contribution in [3.8, 4) is 5.75 Å². The number of nitrogens with zero attached hydrogens (tertiary/aromatic N) is 8. The normalized spacial score (nSPS) is 16.4. The summed E-state index contributed by atoms with van der Waals surface area (Å²) in [6, 6.07) is 13.9. The number of ether oxygens (including phenoxy) is 4. The molecule has 3 N–H and O–H groups in total. The van der Waals surface area contributed by atoms with Gasteiger partial charge in [-0.25, -0.2) is 19.2 Å². The highest BCUT2D eigenvalue weighted by Gasteiger charge is 2.41. The molecule has 2 saturated heterocycles. The summed E-state index contributed by atoms with van der Waals surface area (Å²) in [5.41, 5.74) is 1.96. The van der Waals surface area contributed by atoms with E-state index in [4.69, 9.17) is 40.5 Å². The molecule has 90 heavy (non-hydrogen) atoms. The first kappa shape index (κ1) is 68.3. The fourth-order valence-electron chi connectivity index (χ4n) is 11.3. The zero-order chi connectivity index (χ0) is 64.6. The minimum atomic E-state index is -0.882. The number of nitrogens with one attached hydrogen (secondary N) is 2. The molecule has 3 aromatic carbocycles. The molecule has 0 radical (unpaired) electrons. The van der Waals surface area contributed by atoms with Gasteiger partial charge < -0.3 is 54.3 Å². The van der Waals surface area contributed by atoms with Crippen molar-refractivity contribution < 1.29 is 57.2 Å². The van der Waals surface area contributed by atoms with Crippen LogP contribution in [0.2, 0.25) is 5.02 Å². The number of carbonyl (C=O) groups excluding carboxylic acids is 6.